The van der Waals surface area contributed by atoms with E-state index >= 15 is 0 Å². The quantitative estimate of drug-likeness (QED) is 0.592. The Hall–Kier alpha value is -3.35. The number of benzene rings is 2. The lowest BCUT2D eigenvalue weighted by molar-refractivity contribution is 0.102. The molecule has 0 unspecified atom stereocenters. The average molecular weight is 461 g/mol. The Morgan fingerprint density at radius 1 is 1.16 bits per heavy atom. The van der Waals surface area contributed by atoms with Crippen LogP contribution < -0.4 is 10.0 Å². The SMILES string of the molecule is Cc1cc(F)cc(C#N)c1-c1cc(C(=O)Nc2cc(Cl)cc(NS(C)(=O)=O)c2)cn1C. The number of rotatable bonds is 5. The first-order valence-corrected chi connectivity index (χ1v) is 11.2. The molecule has 1 aromatic heterocycles. The molecular formula is C21H18ClFN4O3S. The molecule has 0 fully saturated rings. The number of nitrogens with one attached hydrogen (secondary N) is 2. The van der Waals surface area contributed by atoms with Gasteiger partial charge in [0.05, 0.1) is 34.8 Å². The fourth-order valence-electron chi connectivity index (χ4n) is 3.25. The zero-order chi connectivity index (χ0) is 22.9. The number of carbonyl (C=O) groups excluding carboxylic acids is 1. The van der Waals surface area contributed by atoms with Crippen molar-refractivity contribution >= 4 is 38.9 Å². The number of nitriles is 1. The number of aromatic nitrogens is 1. The highest BCUT2D eigenvalue weighted by Crippen LogP contribution is 2.30. The Morgan fingerprint density at radius 3 is 2.48 bits per heavy atom. The van der Waals surface area contributed by atoms with Gasteiger partial charge in [-0.3, -0.25) is 9.52 Å². The molecule has 3 rings (SSSR count). The summed E-state index contributed by atoms with van der Waals surface area (Å²) < 4.78 is 40.6. The van der Waals surface area contributed by atoms with E-state index < -0.39 is 21.7 Å². The zero-order valence-electron chi connectivity index (χ0n) is 16.8. The topological polar surface area (TPSA) is 104 Å². The predicted molar refractivity (Wildman–Crippen MR) is 118 cm³/mol. The van der Waals surface area contributed by atoms with Crippen molar-refractivity contribution in [2.45, 2.75) is 6.92 Å². The van der Waals surface area contributed by atoms with Crippen LogP contribution in [-0.4, -0.2) is 25.1 Å². The monoisotopic (exact) mass is 460 g/mol. The van der Waals surface area contributed by atoms with E-state index in [1.54, 1.807) is 30.8 Å². The van der Waals surface area contributed by atoms with Crippen molar-refractivity contribution in [3.8, 4) is 17.3 Å². The molecule has 0 saturated carbocycles. The standard InChI is InChI=1S/C21H18ClFN4O3S/c1-12-4-16(23)5-13(10-24)20(12)19-6-14(11-27(19)2)21(28)25-17-7-15(22)8-18(9-17)26-31(3,29)30/h4-9,11,26H,1-3H3,(H,25,28). The van der Waals surface area contributed by atoms with Gasteiger partial charge >= 0.3 is 0 Å². The molecule has 3 aromatic rings. The van der Waals surface area contributed by atoms with Crippen molar-refractivity contribution in [1.82, 2.24) is 4.57 Å². The summed E-state index contributed by atoms with van der Waals surface area (Å²) in [5.41, 5.74) is 2.64. The van der Waals surface area contributed by atoms with Crippen LogP contribution in [0.5, 0.6) is 0 Å². The Balaban J connectivity index is 1.94. The summed E-state index contributed by atoms with van der Waals surface area (Å²) in [5.74, 6) is -0.975. The number of carbonyl (C=O) groups is 1. The molecule has 7 nitrogen and oxygen atoms in total. The fourth-order valence-corrected chi connectivity index (χ4v) is 4.03. The highest BCUT2D eigenvalue weighted by Gasteiger charge is 2.18. The third-order valence-electron chi connectivity index (χ3n) is 4.40. The molecule has 0 atom stereocenters. The van der Waals surface area contributed by atoms with Crippen LogP contribution in [0.3, 0.4) is 0 Å². The number of anilines is 2. The molecule has 0 bridgehead atoms. The normalized spacial score (nSPS) is 11.1. The maximum Gasteiger partial charge on any atom is 0.257 e. The van der Waals surface area contributed by atoms with Crippen LogP contribution in [0.4, 0.5) is 15.8 Å². The minimum absolute atomic E-state index is 0.164. The largest absolute Gasteiger partial charge is 0.350 e. The van der Waals surface area contributed by atoms with E-state index in [1.165, 1.54) is 24.3 Å². The third kappa shape index (κ3) is 5.23. The van der Waals surface area contributed by atoms with Crippen molar-refractivity contribution in [2.75, 3.05) is 16.3 Å². The highest BCUT2D eigenvalue weighted by molar-refractivity contribution is 7.92. The third-order valence-corrected chi connectivity index (χ3v) is 5.23. The minimum atomic E-state index is -3.52. The summed E-state index contributed by atoms with van der Waals surface area (Å²) in [6, 6.07) is 10.4. The van der Waals surface area contributed by atoms with Gasteiger partial charge in [0.1, 0.15) is 5.82 Å². The van der Waals surface area contributed by atoms with Gasteiger partial charge in [-0.15, -0.1) is 0 Å². The van der Waals surface area contributed by atoms with Gasteiger partial charge in [-0.05, 0) is 48.9 Å². The molecule has 10 heteroatoms. The van der Waals surface area contributed by atoms with Crippen molar-refractivity contribution < 1.29 is 17.6 Å². The summed E-state index contributed by atoms with van der Waals surface area (Å²) in [6.45, 7) is 1.69. The minimum Gasteiger partial charge on any atom is -0.350 e. The lowest BCUT2D eigenvalue weighted by Crippen LogP contribution is -2.13. The number of hydrogen-bond acceptors (Lipinski definition) is 4. The van der Waals surface area contributed by atoms with Crippen LogP contribution in [0.15, 0.2) is 42.6 Å². The Kier molecular flexibility index (Phi) is 6.06. The molecular weight excluding hydrogens is 443 g/mol. The van der Waals surface area contributed by atoms with Crippen LogP contribution in [-0.2, 0) is 17.1 Å². The molecule has 1 heterocycles. The Morgan fingerprint density at radius 2 is 1.84 bits per heavy atom. The molecule has 0 aliphatic heterocycles. The summed E-state index contributed by atoms with van der Waals surface area (Å²) in [6.07, 6.45) is 2.58. The molecule has 0 saturated heterocycles. The van der Waals surface area contributed by atoms with Crippen molar-refractivity contribution in [1.29, 1.82) is 5.26 Å². The number of amides is 1. The fraction of sp³-hybridized carbons (Fsp3) is 0.143. The maximum absolute atomic E-state index is 13.7. The number of hydrogen-bond donors (Lipinski definition) is 2. The van der Waals surface area contributed by atoms with E-state index in [0.717, 1.165) is 12.3 Å². The summed E-state index contributed by atoms with van der Waals surface area (Å²) >= 11 is 6.03. The van der Waals surface area contributed by atoms with E-state index in [0.29, 0.717) is 28.1 Å². The lowest BCUT2D eigenvalue weighted by Gasteiger charge is -2.09. The Labute approximate surface area is 184 Å². The van der Waals surface area contributed by atoms with Crippen LogP contribution in [0, 0.1) is 24.1 Å². The van der Waals surface area contributed by atoms with Gasteiger partial charge in [-0.1, -0.05) is 11.6 Å². The predicted octanol–water partition coefficient (Wildman–Crippen LogP) is 4.29. The van der Waals surface area contributed by atoms with Crippen LogP contribution in [0.25, 0.3) is 11.3 Å². The number of sulfonamides is 1. The first-order chi connectivity index (χ1) is 14.5. The second-order valence-corrected chi connectivity index (χ2v) is 9.22. The first kappa shape index (κ1) is 22.3. The molecule has 1 amide bonds. The van der Waals surface area contributed by atoms with Gasteiger partial charge in [0.25, 0.3) is 5.91 Å². The van der Waals surface area contributed by atoms with Gasteiger partial charge in [-0.2, -0.15) is 5.26 Å². The van der Waals surface area contributed by atoms with Gasteiger partial charge in [0.15, 0.2) is 0 Å². The van der Waals surface area contributed by atoms with Gasteiger partial charge in [0, 0.05) is 29.5 Å². The molecule has 0 spiro atoms. The molecule has 0 aliphatic carbocycles. The molecule has 160 valence electrons. The summed E-state index contributed by atoms with van der Waals surface area (Å²) in [7, 11) is -1.80. The van der Waals surface area contributed by atoms with Crippen molar-refractivity contribution in [2.24, 2.45) is 7.05 Å². The molecule has 2 N–H and O–H groups in total. The van der Waals surface area contributed by atoms with E-state index in [2.05, 4.69) is 10.0 Å². The van der Waals surface area contributed by atoms with Crippen molar-refractivity contribution in [3.05, 3.63) is 70.1 Å². The first-order valence-electron chi connectivity index (χ1n) is 8.93. The van der Waals surface area contributed by atoms with Gasteiger partial charge in [-0.25, -0.2) is 12.8 Å². The maximum atomic E-state index is 13.7. The van der Waals surface area contributed by atoms with E-state index in [9.17, 15) is 22.9 Å². The van der Waals surface area contributed by atoms with Crippen LogP contribution in [0.1, 0.15) is 21.5 Å². The van der Waals surface area contributed by atoms with Crippen LogP contribution in [0.2, 0.25) is 5.02 Å². The van der Waals surface area contributed by atoms with Gasteiger partial charge < -0.3 is 9.88 Å². The van der Waals surface area contributed by atoms with Gasteiger partial charge in [0.2, 0.25) is 10.0 Å². The number of nitrogens with zero attached hydrogens (tertiary/aromatic N) is 2. The second-order valence-electron chi connectivity index (χ2n) is 7.04. The second kappa shape index (κ2) is 8.41. The zero-order valence-corrected chi connectivity index (χ0v) is 18.4. The van der Waals surface area contributed by atoms with Crippen molar-refractivity contribution in [3.63, 3.8) is 0 Å². The van der Waals surface area contributed by atoms with E-state index in [-0.39, 0.29) is 16.3 Å². The van der Waals surface area contributed by atoms with Crippen LogP contribution >= 0.6 is 11.6 Å². The smallest absolute Gasteiger partial charge is 0.257 e. The molecule has 0 aliphatic rings. The number of halogens is 2. The highest BCUT2D eigenvalue weighted by atomic mass is 35.5. The average Bonchev–Trinajstić information content (AvgIpc) is 3.00. The molecule has 2 aromatic carbocycles. The molecule has 0 radical (unpaired) electrons. The number of aryl methyl sites for hydroxylation is 2. The summed E-state index contributed by atoms with van der Waals surface area (Å²) in [5, 5.41) is 12.3. The van der Waals surface area contributed by atoms with E-state index in [1.807, 2.05) is 6.07 Å². The Bertz CT molecular complexity index is 1340. The molecule has 31 heavy (non-hydrogen) atoms. The summed E-state index contributed by atoms with van der Waals surface area (Å²) in [4.78, 5) is 12.8. The lowest BCUT2D eigenvalue weighted by atomic mass is 9.99. The van der Waals surface area contributed by atoms with E-state index in [4.69, 9.17) is 11.6 Å².